The van der Waals surface area contributed by atoms with Crippen molar-refractivity contribution in [3.05, 3.63) is 30.3 Å². The lowest BCUT2D eigenvalue weighted by molar-refractivity contribution is 0.554. The van der Waals surface area contributed by atoms with E-state index in [2.05, 4.69) is 54.1 Å². The van der Waals surface area contributed by atoms with Gasteiger partial charge in [-0.05, 0) is 25.0 Å². The van der Waals surface area contributed by atoms with Crippen molar-refractivity contribution in [3.63, 3.8) is 0 Å². The number of nitrogens with zero attached hydrogens (tertiary/aromatic N) is 1. The molecule has 0 fully saturated rings. The fourth-order valence-corrected chi connectivity index (χ4v) is 4.45. The summed E-state index contributed by atoms with van der Waals surface area (Å²) >= 11 is 0. The Kier molecular flexibility index (Phi) is 13.5. The second-order valence-electron chi connectivity index (χ2n) is 9.18. The quantitative estimate of drug-likeness (QED) is 0.228. The lowest BCUT2D eigenvalue weighted by Crippen LogP contribution is -2.26. The van der Waals surface area contributed by atoms with E-state index in [1.807, 2.05) is 0 Å². The summed E-state index contributed by atoms with van der Waals surface area (Å²) in [7, 11) is 0. The van der Waals surface area contributed by atoms with Gasteiger partial charge in [-0.2, -0.15) is 0 Å². The SMILES string of the molecule is CCCCCCCCCCN(CCCCCCCCCC)c1cc2ccccc2[nH]1. The standard InChI is InChI=1S/C28H48N2/c1-3-5-7-9-11-13-15-19-23-30(24-20-16-14-12-10-8-6-4-2)28-25-26-21-17-18-22-27(26)29-28/h17-18,21-22,25,29H,3-16,19-20,23-24H2,1-2H3. The summed E-state index contributed by atoms with van der Waals surface area (Å²) in [5, 5.41) is 1.34. The van der Waals surface area contributed by atoms with Gasteiger partial charge in [0, 0.05) is 24.0 Å². The number of unbranched alkanes of at least 4 members (excludes halogenated alkanes) is 14. The van der Waals surface area contributed by atoms with E-state index < -0.39 is 0 Å². The first-order valence-electron chi connectivity index (χ1n) is 13.2. The summed E-state index contributed by atoms with van der Waals surface area (Å²) in [4.78, 5) is 6.29. The summed E-state index contributed by atoms with van der Waals surface area (Å²) in [6.45, 7) is 6.98. The van der Waals surface area contributed by atoms with Crippen molar-refractivity contribution >= 4 is 16.7 Å². The molecule has 2 aromatic rings. The number of H-pyrrole nitrogens is 1. The molecule has 0 saturated heterocycles. The number of hydrogen-bond acceptors (Lipinski definition) is 1. The predicted molar refractivity (Wildman–Crippen MR) is 136 cm³/mol. The topological polar surface area (TPSA) is 19.0 Å². The first-order valence-corrected chi connectivity index (χ1v) is 13.2. The fourth-order valence-electron chi connectivity index (χ4n) is 4.45. The van der Waals surface area contributed by atoms with Crippen LogP contribution in [-0.2, 0) is 0 Å². The van der Waals surface area contributed by atoms with Crippen molar-refractivity contribution in [2.75, 3.05) is 18.0 Å². The van der Waals surface area contributed by atoms with Gasteiger partial charge >= 0.3 is 0 Å². The molecule has 0 bridgehead atoms. The molecule has 170 valence electrons. The van der Waals surface area contributed by atoms with Gasteiger partial charge in [-0.3, -0.25) is 0 Å². The van der Waals surface area contributed by atoms with Gasteiger partial charge in [0.05, 0.1) is 0 Å². The van der Waals surface area contributed by atoms with Crippen LogP contribution in [-0.4, -0.2) is 18.1 Å². The number of aromatic amines is 1. The molecule has 2 nitrogen and oxygen atoms in total. The second kappa shape index (κ2) is 16.3. The Morgan fingerprint density at radius 2 is 1.07 bits per heavy atom. The highest BCUT2D eigenvalue weighted by Crippen LogP contribution is 2.23. The zero-order valence-corrected chi connectivity index (χ0v) is 20.1. The highest BCUT2D eigenvalue weighted by Gasteiger charge is 2.09. The molecular weight excluding hydrogens is 364 g/mol. The monoisotopic (exact) mass is 412 g/mol. The highest BCUT2D eigenvalue weighted by molar-refractivity contribution is 5.83. The molecule has 0 aliphatic heterocycles. The van der Waals surface area contributed by atoms with E-state index in [1.54, 1.807) is 0 Å². The minimum atomic E-state index is 1.19. The van der Waals surface area contributed by atoms with E-state index in [9.17, 15) is 0 Å². The Morgan fingerprint density at radius 1 is 0.600 bits per heavy atom. The third kappa shape index (κ3) is 10.0. The van der Waals surface area contributed by atoms with Gasteiger partial charge < -0.3 is 9.88 Å². The maximum atomic E-state index is 3.67. The molecule has 0 unspecified atom stereocenters. The van der Waals surface area contributed by atoms with Gasteiger partial charge in [0.15, 0.2) is 0 Å². The number of benzene rings is 1. The Labute approximate surface area is 186 Å². The van der Waals surface area contributed by atoms with Crippen LogP contribution in [0.3, 0.4) is 0 Å². The maximum absolute atomic E-state index is 3.67. The maximum Gasteiger partial charge on any atom is 0.106 e. The average Bonchev–Trinajstić information content (AvgIpc) is 3.20. The van der Waals surface area contributed by atoms with E-state index in [0.717, 1.165) is 0 Å². The Hall–Kier alpha value is -1.44. The van der Waals surface area contributed by atoms with Gasteiger partial charge in [0.25, 0.3) is 0 Å². The van der Waals surface area contributed by atoms with Gasteiger partial charge in [-0.15, -0.1) is 0 Å². The van der Waals surface area contributed by atoms with Crippen LogP contribution in [0, 0.1) is 0 Å². The molecule has 1 heterocycles. The fraction of sp³-hybridized carbons (Fsp3) is 0.714. The van der Waals surface area contributed by atoms with Crippen molar-refractivity contribution in [1.82, 2.24) is 4.98 Å². The van der Waals surface area contributed by atoms with Crippen LogP contribution < -0.4 is 4.90 Å². The van der Waals surface area contributed by atoms with E-state index in [4.69, 9.17) is 0 Å². The molecule has 0 spiro atoms. The first-order chi connectivity index (χ1) is 14.8. The molecule has 0 radical (unpaired) electrons. The second-order valence-corrected chi connectivity index (χ2v) is 9.18. The van der Waals surface area contributed by atoms with E-state index in [0.29, 0.717) is 0 Å². The molecule has 2 heteroatoms. The molecular formula is C28H48N2. The third-order valence-electron chi connectivity index (χ3n) is 6.42. The van der Waals surface area contributed by atoms with E-state index >= 15 is 0 Å². The van der Waals surface area contributed by atoms with Crippen LogP contribution in [0.25, 0.3) is 10.9 Å². The number of para-hydroxylation sites is 1. The smallest absolute Gasteiger partial charge is 0.106 e. The van der Waals surface area contributed by atoms with Crippen molar-refractivity contribution in [2.24, 2.45) is 0 Å². The van der Waals surface area contributed by atoms with Gasteiger partial charge in [-0.25, -0.2) is 0 Å². The predicted octanol–water partition coefficient (Wildman–Crippen LogP) is 9.26. The molecule has 0 aliphatic rings. The summed E-state index contributed by atoms with van der Waals surface area (Å²) in [5.41, 5.74) is 1.27. The Morgan fingerprint density at radius 3 is 1.57 bits per heavy atom. The molecule has 1 aromatic heterocycles. The third-order valence-corrected chi connectivity index (χ3v) is 6.42. The number of aromatic nitrogens is 1. The van der Waals surface area contributed by atoms with Crippen LogP contribution in [0.5, 0.6) is 0 Å². The lowest BCUT2D eigenvalue weighted by atomic mass is 10.1. The molecule has 30 heavy (non-hydrogen) atoms. The first kappa shape index (κ1) is 24.8. The normalized spacial score (nSPS) is 11.4. The minimum Gasteiger partial charge on any atom is -0.358 e. The van der Waals surface area contributed by atoms with Gasteiger partial charge in [-0.1, -0.05) is 122 Å². The lowest BCUT2D eigenvalue weighted by Gasteiger charge is -2.23. The summed E-state index contributed by atoms with van der Waals surface area (Å²) in [5.74, 6) is 1.32. The Bertz CT molecular complexity index is 592. The number of hydrogen-bond donors (Lipinski definition) is 1. The number of anilines is 1. The van der Waals surface area contributed by atoms with Crippen LogP contribution in [0.2, 0.25) is 0 Å². The molecule has 0 amide bonds. The summed E-state index contributed by atoms with van der Waals surface area (Å²) < 4.78 is 0. The minimum absolute atomic E-state index is 1.19. The average molecular weight is 413 g/mol. The summed E-state index contributed by atoms with van der Waals surface area (Å²) in [6.07, 6.45) is 22.3. The zero-order valence-electron chi connectivity index (χ0n) is 20.1. The molecule has 1 N–H and O–H groups in total. The highest BCUT2D eigenvalue weighted by atomic mass is 15.2. The number of fused-ring (bicyclic) bond motifs is 1. The largest absolute Gasteiger partial charge is 0.358 e. The summed E-state index contributed by atoms with van der Waals surface area (Å²) in [6, 6.07) is 11.0. The zero-order chi connectivity index (χ0) is 21.3. The van der Waals surface area contributed by atoms with Crippen LogP contribution in [0.15, 0.2) is 30.3 Å². The van der Waals surface area contributed by atoms with Gasteiger partial charge in [0.2, 0.25) is 0 Å². The van der Waals surface area contributed by atoms with Crippen molar-refractivity contribution < 1.29 is 0 Å². The number of nitrogens with one attached hydrogen (secondary N) is 1. The van der Waals surface area contributed by atoms with Crippen molar-refractivity contribution in [1.29, 1.82) is 0 Å². The van der Waals surface area contributed by atoms with Crippen LogP contribution in [0.1, 0.15) is 117 Å². The molecule has 0 atom stereocenters. The molecule has 2 rings (SSSR count). The van der Waals surface area contributed by atoms with Crippen LogP contribution in [0.4, 0.5) is 5.82 Å². The molecule has 1 aromatic carbocycles. The Balaban J connectivity index is 1.73. The van der Waals surface area contributed by atoms with Crippen molar-refractivity contribution in [2.45, 2.75) is 117 Å². The van der Waals surface area contributed by atoms with Crippen LogP contribution >= 0.6 is 0 Å². The van der Waals surface area contributed by atoms with Crippen molar-refractivity contribution in [3.8, 4) is 0 Å². The van der Waals surface area contributed by atoms with E-state index in [1.165, 1.54) is 133 Å². The molecule has 0 aliphatic carbocycles. The number of rotatable bonds is 19. The van der Waals surface area contributed by atoms with Gasteiger partial charge in [0.1, 0.15) is 5.82 Å². The van der Waals surface area contributed by atoms with E-state index in [-0.39, 0.29) is 0 Å². The molecule has 0 saturated carbocycles.